The topological polar surface area (TPSA) is 24.9 Å². The van der Waals surface area contributed by atoms with Gasteiger partial charge in [-0.05, 0) is 61.2 Å². The summed E-state index contributed by atoms with van der Waals surface area (Å²) in [5, 5.41) is 3.68. The van der Waals surface area contributed by atoms with Gasteiger partial charge in [-0.3, -0.25) is 4.98 Å². The number of pyridine rings is 1. The van der Waals surface area contributed by atoms with Crippen molar-refractivity contribution in [2.45, 2.75) is 38.6 Å². The molecule has 1 N–H and O–H groups in total. The van der Waals surface area contributed by atoms with Crippen LogP contribution in [0.15, 0.2) is 41.0 Å². The van der Waals surface area contributed by atoms with Crippen molar-refractivity contribution in [2.75, 3.05) is 6.54 Å². The maximum Gasteiger partial charge on any atom is 0.0485 e. The minimum Gasteiger partial charge on any atom is -0.310 e. The van der Waals surface area contributed by atoms with Gasteiger partial charge in [0.15, 0.2) is 0 Å². The normalized spacial score (nSPS) is 18.5. The molecule has 0 saturated heterocycles. The molecule has 1 aromatic heterocycles. The van der Waals surface area contributed by atoms with Crippen molar-refractivity contribution in [2.24, 2.45) is 0 Å². The second-order valence-corrected chi connectivity index (χ2v) is 6.71. The molecule has 1 aliphatic carbocycles. The standard InChI is InChI=1S/C18H21BrN2/c1-3-20-18(14-9-12(2)10-15(19)11-14)16-7-6-13-5-4-8-21-17(13)16/h4-5,8-11,16,18,20H,3,6-7H2,1-2H3. The molecule has 0 aliphatic heterocycles. The first-order valence-corrected chi connectivity index (χ1v) is 8.42. The summed E-state index contributed by atoms with van der Waals surface area (Å²) in [7, 11) is 0. The molecule has 2 unspecified atom stereocenters. The summed E-state index contributed by atoms with van der Waals surface area (Å²) in [6.07, 6.45) is 4.24. The van der Waals surface area contributed by atoms with E-state index in [9.17, 15) is 0 Å². The molecule has 2 atom stereocenters. The molecule has 1 aliphatic rings. The number of halogens is 1. The van der Waals surface area contributed by atoms with Crippen LogP contribution in [0.4, 0.5) is 0 Å². The first kappa shape index (κ1) is 14.7. The number of hydrogen-bond acceptors (Lipinski definition) is 2. The van der Waals surface area contributed by atoms with Crippen LogP contribution in [0.3, 0.4) is 0 Å². The average molecular weight is 345 g/mol. The van der Waals surface area contributed by atoms with Gasteiger partial charge >= 0.3 is 0 Å². The van der Waals surface area contributed by atoms with Crippen LogP contribution in [0.25, 0.3) is 0 Å². The van der Waals surface area contributed by atoms with Crippen LogP contribution < -0.4 is 5.32 Å². The highest BCUT2D eigenvalue weighted by molar-refractivity contribution is 9.10. The van der Waals surface area contributed by atoms with E-state index in [2.05, 4.69) is 64.3 Å². The number of nitrogens with zero attached hydrogens (tertiary/aromatic N) is 1. The number of hydrogen-bond donors (Lipinski definition) is 1. The van der Waals surface area contributed by atoms with E-state index in [0.29, 0.717) is 12.0 Å². The fraction of sp³-hybridized carbons (Fsp3) is 0.389. The van der Waals surface area contributed by atoms with Crippen LogP contribution >= 0.6 is 15.9 Å². The minimum atomic E-state index is 0.336. The van der Waals surface area contributed by atoms with E-state index < -0.39 is 0 Å². The van der Waals surface area contributed by atoms with E-state index >= 15 is 0 Å². The number of rotatable bonds is 4. The summed E-state index contributed by atoms with van der Waals surface area (Å²) in [6.45, 7) is 5.29. The molecule has 1 aromatic carbocycles. The van der Waals surface area contributed by atoms with Gasteiger partial charge in [-0.2, -0.15) is 0 Å². The van der Waals surface area contributed by atoms with Crippen molar-refractivity contribution < 1.29 is 0 Å². The molecule has 0 bridgehead atoms. The summed E-state index contributed by atoms with van der Waals surface area (Å²) in [5.41, 5.74) is 5.34. The lowest BCUT2D eigenvalue weighted by Gasteiger charge is -2.26. The van der Waals surface area contributed by atoms with E-state index in [1.807, 2.05) is 12.3 Å². The van der Waals surface area contributed by atoms with Crippen molar-refractivity contribution in [1.82, 2.24) is 10.3 Å². The molecule has 2 aromatic rings. The Kier molecular flexibility index (Phi) is 4.41. The Bertz CT molecular complexity index is 619. The molecular formula is C18H21BrN2. The van der Waals surface area contributed by atoms with Crippen LogP contribution in [0.5, 0.6) is 0 Å². The lowest BCUT2D eigenvalue weighted by molar-refractivity contribution is 0.447. The molecule has 1 heterocycles. The Morgan fingerprint density at radius 3 is 3.00 bits per heavy atom. The van der Waals surface area contributed by atoms with Crippen molar-refractivity contribution in [3.8, 4) is 0 Å². The second-order valence-electron chi connectivity index (χ2n) is 5.79. The summed E-state index contributed by atoms with van der Waals surface area (Å²) in [5.74, 6) is 0.467. The highest BCUT2D eigenvalue weighted by atomic mass is 79.9. The fourth-order valence-corrected chi connectivity index (χ4v) is 4.05. The van der Waals surface area contributed by atoms with E-state index in [0.717, 1.165) is 17.4 Å². The molecule has 0 spiro atoms. The molecule has 0 amide bonds. The smallest absolute Gasteiger partial charge is 0.0485 e. The number of likely N-dealkylation sites (N-methyl/N-ethyl adjacent to an activating group) is 1. The molecule has 0 radical (unpaired) electrons. The molecule has 3 rings (SSSR count). The Balaban J connectivity index is 1.99. The van der Waals surface area contributed by atoms with Crippen molar-refractivity contribution in [1.29, 1.82) is 0 Å². The SMILES string of the molecule is CCNC(c1cc(C)cc(Br)c1)C1CCc2cccnc21. The van der Waals surface area contributed by atoms with Crippen LogP contribution in [0, 0.1) is 6.92 Å². The molecule has 0 fully saturated rings. The zero-order valence-electron chi connectivity index (χ0n) is 12.6. The number of fused-ring (bicyclic) bond motifs is 1. The maximum absolute atomic E-state index is 4.66. The summed E-state index contributed by atoms with van der Waals surface area (Å²) < 4.78 is 1.15. The molecule has 2 nitrogen and oxygen atoms in total. The van der Waals surface area contributed by atoms with Gasteiger partial charge in [0.25, 0.3) is 0 Å². The molecular weight excluding hydrogens is 324 g/mol. The Morgan fingerprint density at radius 2 is 2.24 bits per heavy atom. The van der Waals surface area contributed by atoms with E-state index in [4.69, 9.17) is 0 Å². The largest absolute Gasteiger partial charge is 0.310 e. The minimum absolute atomic E-state index is 0.336. The van der Waals surface area contributed by atoms with Gasteiger partial charge < -0.3 is 5.32 Å². The van der Waals surface area contributed by atoms with Gasteiger partial charge in [-0.1, -0.05) is 35.0 Å². The quantitative estimate of drug-likeness (QED) is 0.880. The monoisotopic (exact) mass is 344 g/mol. The molecule has 0 saturated carbocycles. The lowest BCUT2D eigenvalue weighted by atomic mass is 9.90. The molecule has 3 heteroatoms. The Hall–Kier alpha value is -1.19. The van der Waals surface area contributed by atoms with E-state index in [1.54, 1.807) is 0 Å². The third kappa shape index (κ3) is 3.04. The van der Waals surface area contributed by atoms with Crippen LogP contribution in [-0.2, 0) is 6.42 Å². The van der Waals surface area contributed by atoms with Gasteiger partial charge in [0.2, 0.25) is 0 Å². The second kappa shape index (κ2) is 6.29. The number of aromatic nitrogens is 1. The third-order valence-electron chi connectivity index (χ3n) is 4.25. The zero-order valence-corrected chi connectivity index (χ0v) is 14.2. The highest BCUT2D eigenvalue weighted by Crippen LogP contribution is 2.41. The first-order chi connectivity index (χ1) is 10.2. The van der Waals surface area contributed by atoms with Gasteiger partial charge in [0.1, 0.15) is 0 Å². The van der Waals surface area contributed by atoms with E-state index in [-0.39, 0.29) is 0 Å². The fourth-order valence-electron chi connectivity index (χ4n) is 3.42. The van der Waals surface area contributed by atoms with Crippen LogP contribution in [0.2, 0.25) is 0 Å². The lowest BCUT2D eigenvalue weighted by Crippen LogP contribution is -2.26. The molecule has 21 heavy (non-hydrogen) atoms. The predicted molar refractivity (Wildman–Crippen MR) is 90.6 cm³/mol. The van der Waals surface area contributed by atoms with Crippen LogP contribution in [-0.4, -0.2) is 11.5 Å². The summed E-state index contributed by atoms with van der Waals surface area (Å²) in [6, 6.07) is 11.3. The van der Waals surface area contributed by atoms with Gasteiger partial charge in [0.05, 0.1) is 0 Å². The van der Waals surface area contributed by atoms with Gasteiger partial charge in [-0.25, -0.2) is 0 Å². The summed E-state index contributed by atoms with van der Waals surface area (Å²) in [4.78, 5) is 4.66. The summed E-state index contributed by atoms with van der Waals surface area (Å²) >= 11 is 3.63. The number of aryl methyl sites for hydroxylation is 2. The van der Waals surface area contributed by atoms with E-state index in [1.165, 1.54) is 28.8 Å². The van der Waals surface area contributed by atoms with Crippen LogP contribution in [0.1, 0.15) is 47.7 Å². The van der Waals surface area contributed by atoms with Gasteiger partial charge in [-0.15, -0.1) is 0 Å². The Labute approximate surface area is 135 Å². The van der Waals surface area contributed by atoms with Crippen molar-refractivity contribution >= 4 is 15.9 Å². The van der Waals surface area contributed by atoms with Crippen molar-refractivity contribution in [3.63, 3.8) is 0 Å². The average Bonchev–Trinajstić information content (AvgIpc) is 2.87. The number of nitrogens with one attached hydrogen (secondary N) is 1. The highest BCUT2D eigenvalue weighted by Gasteiger charge is 2.31. The van der Waals surface area contributed by atoms with Crippen molar-refractivity contribution in [3.05, 3.63) is 63.4 Å². The zero-order chi connectivity index (χ0) is 14.8. The molecule has 110 valence electrons. The predicted octanol–water partition coefficient (Wildman–Crippen LogP) is 4.53. The number of benzene rings is 1. The first-order valence-electron chi connectivity index (χ1n) is 7.63. The third-order valence-corrected chi connectivity index (χ3v) is 4.71. The van der Waals surface area contributed by atoms with Gasteiger partial charge in [0, 0.05) is 28.3 Å². The maximum atomic E-state index is 4.66. The Morgan fingerprint density at radius 1 is 1.38 bits per heavy atom.